The van der Waals surface area contributed by atoms with Gasteiger partial charge in [0.15, 0.2) is 0 Å². The summed E-state index contributed by atoms with van der Waals surface area (Å²) >= 11 is 12.1. The maximum atomic E-state index is 12.4. The van der Waals surface area contributed by atoms with Crippen molar-refractivity contribution >= 4 is 29.1 Å². The highest BCUT2D eigenvalue weighted by molar-refractivity contribution is 6.35. The molecule has 1 amide bonds. The number of benzene rings is 1. The number of nitrogens with zero attached hydrogens (tertiary/aromatic N) is 3. The third kappa shape index (κ3) is 5.18. The van der Waals surface area contributed by atoms with Crippen molar-refractivity contribution in [1.82, 2.24) is 14.8 Å². The Kier molecular flexibility index (Phi) is 6.29. The van der Waals surface area contributed by atoms with E-state index in [9.17, 15) is 4.79 Å². The fraction of sp³-hybridized carbons (Fsp3) is 0.368. The molecule has 6 heteroatoms. The molecule has 1 aromatic heterocycles. The van der Waals surface area contributed by atoms with Crippen molar-refractivity contribution in [2.75, 3.05) is 26.2 Å². The number of amides is 1. The molecular weight excluding hydrogens is 357 g/mol. The Morgan fingerprint density at radius 1 is 1.08 bits per heavy atom. The summed E-state index contributed by atoms with van der Waals surface area (Å²) in [4.78, 5) is 21.1. The van der Waals surface area contributed by atoms with Gasteiger partial charge in [-0.2, -0.15) is 0 Å². The second-order valence-corrected chi connectivity index (χ2v) is 7.06. The molecule has 132 valence electrons. The van der Waals surface area contributed by atoms with Gasteiger partial charge in [-0.15, -0.1) is 0 Å². The summed E-state index contributed by atoms with van der Waals surface area (Å²) < 4.78 is 0. The quantitative estimate of drug-likeness (QED) is 0.797. The smallest absolute Gasteiger partial charge is 0.222 e. The number of piperazine rings is 1. The van der Waals surface area contributed by atoms with Crippen LogP contribution in [0.15, 0.2) is 42.6 Å². The Balaban J connectivity index is 1.45. The Labute approximate surface area is 158 Å². The molecule has 1 aliphatic rings. The Morgan fingerprint density at radius 3 is 2.56 bits per heavy atom. The van der Waals surface area contributed by atoms with Crippen LogP contribution in [0.25, 0.3) is 0 Å². The standard InChI is InChI=1S/C19H21Cl2N3O/c20-16-6-4-15(18(21)13-16)5-7-19(25)24-11-9-23(10-12-24)14-17-3-1-2-8-22-17/h1-4,6,8,13H,5,7,9-12,14H2. The molecule has 4 nitrogen and oxygen atoms in total. The third-order valence-corrected chi connectivity index (χ3v) is 5.05. The predicted molar refractivity (Wildman–Crippen MR) is 101 cm³/mol. The van der Waals surface area contributed by atoms with Crippen LogP contribution in [0, 0.1) is 0 Å². The van der Waals surface area contributed by atoms with E-state index in [0.717, 1.165) is 44.0 Å². The minimum absolute atomic E-state index is 0.184. The molecule has 0 unspecified atom stereocenters. The zero-order chi connectivity index (χ0) is 17.6. The van der Waals surface area contributed by atoms with Crippen molar-refractivity contribution in [1.29, 1.82) is 0 Å². The monoisotopic (exact) mass is 377 g/mol. The van der Waals surface area contributed by atoms with Crippen molar-refractivity contribution in [2.45, 2.75) is 19.4 Å². The van der Waals surface area contributed by atoms with Crippen molar-refractivity contribution < 1.29 is 4.79 Å². The zero-order valence-corrected chi connectivity index (χ0v) is 15.5. The second-order valence-electron chi connectivity index (χ2n) is 6.21. The summed E-state index contributed by atoms with van der Waals surface area (Å²) in [6.45, 7) is 4.12. The van der Waals surface area contributed by atoms with Gasteiger partial charge < -0.3 is 4.90 Å². The van der Waals surface area contributed by atoms with E-state index in [4.69, 9.17) is 23.2 Å². The minimum Gasteiger partial charge on any atom is -0.340 e. The first-order chi connectivity index (χ1) is 12.1. The summed E-state index contributed by atoms with van der Waals surface area (Å²) in [5.41, 5.74) is 2.04. The lowest BCUT2D eigenvalue weighted by Gasteiger charge is -2.34. The second kappa shape index (κ2) is 8.65. The van der Waals surface area contributed by atoms with E-state index in [2.05, 4.69) is 9.88 Å². The van der Waals surface area contributed by atoms with Crippen molar-refractivity contribution in [3.8, 4) is 0 Å². The van der Waals surface area contributed by atoms with Crippen molar-refractivity contribution in [3.05, 3.63) is 63.9 Å². The predicted octanol–water partition coefficient (Wildman–Crippen LogP) is 3.67. The van der Waals surface area contributed by atoms with Gasteiger partial charge in [0.2, 0.25) is 5.91 Å². The highest BCUT2D eigenvalue weighted by Gasteiger charge is 2.21. The lowest BCUT2D eigenvalue weighted by Crippen LogP contribution is -2.48. The zero-order valence-electron chi connectivity index (χ0n) is 14.0. The van der Waals surface area contributed by atoms with E-state index in [0.29, 0.717) is 22.9 Å². The molecule has 1 saturated heterocycles. The molecule has 0 bridgehead atoms. The molecule has 25 heavy (non-hydrogen) atoms. The van der Waals surface area contributed by atoms with Crippen LogP contribution in [0.5, 0.6) is 0 Å². The van der Waals surface area contributed by atoms with E-state index < -0.39 is 0 Å². The molecule has 1 fully saturated rings. The molecule has 2 aromatic rings. The van der Waals surface area contributed by atoms with Crippen LogP contribution in [0.1, 0.15) is 17.7 Å². The highest BCUT2D eigenvalue weighted by Crippen LogP contribution is 2.22. The average molecular weight is 378 g/mol. The fourth-order valence-corrected chi connectivity index (χ4v) is 3.50. The van der Waals surface area contributed by atoms with Crippen LogP contribution in [0.2, 0.25) is 10.0 Å². The van der Waals surface area contributed by atoms with E-state index in [1.54, 1.807) is 6.07 Å². The number of carbonyl (C=O) groups is 1. The highest BCUT2D eigenvalue weighted by atomic mass is 35.5. The molecular formula is C19H21Cl2N3O. The van der Waals surface area contributed by atoms with Crippen LogP contribution < -0.4 is 0 Å². The summed E-state index contributed by atoms with van der Waals surface area (Å²) in [6.07, 6.45) is 2.93. The molecule has 3 rings (SSSR count). The molecule has 0 N–H and O–H groups in total. The van der Waals surface area contributed by atoms with Crippen LogP contribution in [-0.2, 0) is 17.8 Å². The molecule has 0 aliphatic carbocycles. The average Bonchev–Trinajstić information content (AvgIpc) is 2.62. The Hall–Kier alpha value is -1.62. The first kappa shape index (κ1) is 18.2. The first-order valence-corrected chi connectivity index (χ1v) is 9.21. The minimum atomic E-state index is 0.184. The largest absolute Gasteiger partial charge is 0.340 e. The SMILES string of the molecule is O=C(CCc1ccc(Cl)cc1Cl)N1CCN(Cc2ccccn2)CC1. The van der Waals surface area contributed by atoms with Gasteiger partial charge in [0.05, 0.1) is 5.69 Å². The van der Waals surface area contributed by atoms with Gasteiger partial charge >= 0.3 is 0 Å². The lowest BCUT2D eigenvalue weighted by atomic mass is 10.1. The van der Waals surface area contributed by atoms with E-state index in [-0.39, 0.29) is 5.91 Å². The number of hydrogen-bond acceptors (Lipinski definition) is 3. The molecule has 0 saturated carbocycles. The molecule has 1 aromatic carbocycles. The summed E-state index contributed by atoms with van der Waals surface area (Å²) in [5, 5.41) is 1.24. The van der Waals surface area contributed by atoms with Gasteiger partial charge in [0, 0.05) is 55.4 Å². The number of rotatable bonds is 5. The molecule has 1 aliphatic heterocycles. The van der Waals surface area contributed by atoms with E-state index >= 15 is 0 Å². The molecule has 2 heterocycles. The van der Waals surface area contributed by atoms with Gasteiger partial charge in [-0.05, 0) is 36.2 Å². The topological polar surface area (TPSA) is 36.4 Å². The van der Waals surface area contributed by atoms with Gasteiger partial charge in [-0.3, -0.25) is 14.7 Å². The van der Waals surface area contributed by atoms with Crippen LogP contribution in [-0.4, -0.2) is 46.9 Å². The fourth-order valence-electron chi connectivity index (χ4n) is 3.00. The maximum absolute atomic E-state index is 12.4. The van der Waals surface area contributed by atoms with Gasteiger partial charge in [0.1, 0.15) is 0 Å². The number of halogens is 2. The number of pyridine rings is 1. The third-order valence-electron chi connectivity index (χ3n) is 4.46. The first-order valence-electron chi connectivity index (χ1n) is 8.46. The molecule has 0 atom stereocenters. The normalized spacial score (nSPS) is 15.4. The number of aryl methyl sites for hydroxylation is 1. The molecule has 0 radical (unpaired) electrons. The Morgan fingerprint density at radius 2 is 1.88 bits per heavy atom. The lowest BCUT2D eigenvalue weighted by molar-refractivity contribution is -0.133. The van der Waals surface area contributed by atoms with E-state index in [1.807, 2.05) is 41.4 Å². The van der Waals surface area contributed by atoms with Crippen LogP contribution >= 0.6 is 23.2 Å². The van der Waals surface area contributed by atoms with Crippen molar-refractivity contribution in [3.63, 3.8) is 0 Å². The summed E-state index contributed by atoms with van der Waals surface area (Å²) in [7, 11) is 0. The maximum Gasteiger partial charge on any atom is 0.222 e. The summed E-state index contributed by atoms with van der Waals surface area (Å²) in [6, 6.07) is 11.4. The summed E-state index contributed by atoms with van der Waals surface area (Å²) in [5.74, 6) is 0.184. The van der Waals surface area contributed by atoms with Gasteiger partial charge in [-0.1, -0.05) is 35.3 Å². The number of carbonyl (C=O) groups excluding carboxylic acids is 1. The van der Waals surface area contributed by atoms with Gasteiger partial charge in [0.25, 0.3) is 0 Å². The number of aromatic nitrogens is 1. The molecule has 0 spiro atoms. The van der Waals surface area contributed by atoms with Crippen LogP contribution in [0.3, 0.4) is 0 Å². The Bertz CT molecular complexity index is 716. The number of hydrogen-bond donors (Lipinski definition) is 0. The van der Waals surface area contributed by atoms with Crippen LogP contribution in [0.4, 0.5) is 0 Å². The van der Waals surface area contributed by atoms with Gasteiger partial charge in [-0.25, -0.2) is 0 Å². The van der Waals surface area contributed by atoms with E-state index in [1.165, 1.54) is 0 Å². The van der Waals surface area contributed by atoms with Crippen molar-refractivity contribution in [2.24, 2.45) is 0 Å².